The second-order valence-electron chi connectivity index (χ2n) is 5.94. The second-order valence-corrected chi connectivity index (χ2v) is 5.94. The maximum Gasteiger partial charge on any atom is 0.226 e. The van der Waals surface area contributed by atoms with Crippen LogP contribution in [0.1, 0.15) is 17.0 Å². The van der Waals surface area contributed by atoms with Crippen LogP contribution < -0.4 is 5.32 Å². The van der Waals surface area contributed by atoms with Gasteiger partial charge in [-0.25, -0.2) is 13.8 Å². The first-order chi connectivity index (χ1) is 12.5. The standard InChI is InChI=1S/C20H18F2N2O2/c1-13-18(24-20(26-13)15-3-2-4-17(22)11-15)12-19(25)23-10-9-14-5-7-16(21)8-6-14/h2-8,11H,9-10,12H2,1H3,(H,23,25). The molecule has 26 heavy (non-hydrogen) atoms. The molecule has 0 radical (unpaired) electrons. The molecule has 0 aliphatic rings. The fraction of sp³-hybridized carbons (Fsp3) is 0.200. The summed E-state index contributed by atoms with van der Waals surface area (Å²) in [6.07, 6.45) is 0.687. The highest BCUT2D eigenvalue weighted by Crippen LogP contribution is 2.22. The van der Waals surface area contributed by atoms with Crippen molar-refractivity contribution in [3.05, 3.63) is 77.2 Å². The summed E-state index contributed by atoms with van der Waals surface area (Å²) in [6.45, 7) is 2.16. The first-order valence-corrected chi connectivity index (χ1v) is 8.24. The van der Waals surface area contributed by atoms with Crippen LogP contribution in [0.2, 0.25) is 0 Å². The highest BCUT2D eigenvalue weighted by molar-refractivity contribution is 5.78. The van der Waals surface area contributed by atoms with E-state index in [9.17, 15) is 13.6 Å². The van der Waals surface area contributed by atoms with Gasteiger partial charge in [-0.3, -0.25) is 4.79 Å². The molecule has 1 amide bonds. The highest BCUT2D eigenvalue weighted by Gasteiger charge is 2.15. The molecule has 0 aliphatic carbocycles. The number of carbonyl (C=O) groups excluding carboxylic acids is 1. The van der Waals surface area contributed by atoms with Gasteiger partial charge in [-0.05, 0) is 49.2 Å². The minimum Gasteiger partial charge on any atom is -0.441 e. The van der Waals surface area contributed by atoms with Crippen molar-refractivity contribution in [1.29, 1.82) is 0 Å². The van der Waals surface area contributed by atoms with Crippen LogP contribution in [0.15, 0.2) is 52.9 Å². The number of hydrogen-bond donors (Lipinski definition) is 1. The summed E-state index contributed by atoms with van der Waals surface area (Å²) in [5, 5.41) is 2.81. The molecular weight excluding hydrogens is 338 g/mol. The third kappa shape index (κ3) is 4.53. The number of nitrogens with one attached hydrogen (secondary N) is 1. The molecule has 0 spiro atoms. The molecule has 134 valence electrons. The third-order valence-corrected chi connectivity index (χ3v) is 3.94. The Balaban J connectivity index is 1.56. The molecule has 0 bridgehead atoms. The average Bonchev–Trinajstić information content (AvgIpc) is 2.97. The van der Waals surface area contributed by atoms with Crippen molar-refractivity contribution >= 4 is 5.91 Å². The fourth-order valence-electron chi connectivity index (χ4n) is 2.55. The lowest BCUT2D eigenvalue weighted by Crippen LogP contribution is -2.27. The Morgan fingerprint density at radius 1 is 1.12 bits per heavy atom. The van der Waals surface area contributed by atoms with Gasteiger partial charge in [-0.15, -0.1) is 0 Å². The average molecular weight is 356 g/mol. The number of oxazole rings is 1. The van der Waals surface area contributed by atoms with Gasteiger partial charge in [0.15, 0.2) is 0 Å². The summed E-state index contributed by atoms with van der Waals surface area (Å²) >= 11 is 0. The van der Waals surface area contributed by atoms with Gasteiger partial charge in [0.25, 0.3) is 0 Å². The largest absolute Gasteiger partial charge is 0.441 e. The topological polar surface area (TPSA) is 55.1 Å². The van der Waals surface area contributed by atoms with E-state index in [0.717, 1.165) is 5.56 Å². The Morgan fingerprint density at radius 3 is 2.62 bits per heavy atom. The SMILES string of the molecule is Cc1oc(-c2cccc(F)c2)nc1CC(=O)NCCc1ccc(F)cc1. The van der Waals surface area contributed by atoms with Crippen LogP contribution in [0.5, 0.6) is 0 Å². The summed E-state index contributed by atoms with van der Waals surface area (Å²) < 4.78 is 31.7. The molecule has 0 fully saturated rings. The minimum absolute atomic E-state index is 0.0774. The first kappa shape index (κ1) is 17.8. The van der Waals surface area contributed by atoms with E-state index in [1.807, 2.05) is 0 Å². The number of hydrogen-bond acceptors (Lipinski definition) is 3. The molecule has 4 nitrogen and oxygen atoms in total. The predicted molar refractivity (Wildman–Crippen MR) is 93.5 cm³/mol. The minimum atomic E-state index is -0.376. The van der Waals surface area contributed by atoms with Crippen molar-refractivity contribution in [3.63, 3.8) is 0 Å². The molecule has 1 N–H and O–H groups in total. The molecule has 3 rings (SSSR count). The van der Waals surface area contributed by atoms with E-state index in [1.165, 1.54) is 24.3 Å². The maximum atomic E-state index is 13.3. The lowest BCUT2D eigenvalue weighted by molar-refractivity contribution is -0.120. The Morgan fingerprint density at radius 2 is 1.88 bits per heavy atom. The van der Waals surface area contributed by atoms with Crippen molar-refractivity contribution in [1.82, 2.24) is 10.3 Å². The van der Waals surface area contributed by atoms with Crippen molar-refractivity contribution in [2.75, 3.05) is 6.54 Å². The number of aryl methyl sites for hydroxylation is 1. The van der Waals surface area contributed by atoms with Crippen LogP contribution in [0.4, 0.5) is 8.78 Å². The summed E-state index contributed by atoms with van der Waals surface area (Å²) in [6, 6.07) is 12.1. The molecule has 2 aromatic carbocycles. The molecule has 6 heteroatoms. The second kappa shape index (κ2) is 7.91. The molecule has 0 unspecified atom stereocenters. The monoisotopic (exact) mass is 356 g/mol. The highest BCUT2D eigenvalue weighted by atomic mass is 19.1. The van der Waals surface area contributed by atoms with Gasteiger partial charge in [0, 0.05) is 12.1 Å². The molecule has 1 aromatic heterocycles. The van der Waals surface area contributed by atoms with E-state index >= 15 is 0 Å². The van der Waals surface area contributed by atoms with Crippen LogP contribution in [0, 0.1) is 18.6 Å². The van der Waals surface area contributed by atoms with Gasteiger partial charge < -0.3 is 9.73 Å². The van der Waals surface area contributed by atoms with Gasteiger partial charge in [0.1, 0.15) is 17.4 Å². The summed E-state index contributed by atoms with van der Waals surface area (Å²) in [5.74, 6) is -0.0322. The normalized spacial score (nSPS) is 10.7. The van der Waals surface area contributed by atoms with Crippen LogP contribution in [0.3, 0.4) is 0 Å². The molecule has 3 aromatic rings. The number of benzene rings is 2. The summed E-state index contributed by atoms with van der Waals surface area (Å²) in [5.41, 5.74) is 1.98. The van der Waals surface area contributed by atoms with E-state index in [0.29, 0.717) is 30.0 Å². The molecule has 1 heterocycles. The van der Waals surface area contributed by atoms with Crippen molar-refractivity contribution < 1.29 is 18.0 Å². The molecule has 0 saturated carbocycles. The number of amides is 1. The molecular formula is C20H18F2N2O2. The Bertz CT molecular complexity index is 904. The van der Waals surface area contributed by atoms with Gasteiger partial charge in [-0.2, -0.15) is 0 Å². The van der Waals surface area contributed by atoms with E-state index < -0.39 is 0 Å². The Hall–Kier alpha value is -3.02. The lowest BCUT2D eigenvalue weighted by atomic mass is 10.1. The zero-order valence-corrected chi connectivity index (χ0v) is 14.3. The van der Waals surface area contributed by atoms with E-state index in [-0.39, 0.29) is 29.9 Å². The van der Waals surface area contributed by atoms with Crippen LogP contribution in [0.25, 0.3) is 11.5 Å². The summed E-state index contributed by atoms with van der Waals surface area (Å²) in [7, 11) is 0. The predicted octanol–water partition coefficient (Wildman–Crippen LogP) is 3.83. The zero-order chi connectivity index (χ0) is 18.5. The van der Waals surface area contributed by atoms with Crippen molar-refractivity contribution in [3.8, 4) is 11.5 Å². The number of aromatic nitrogens is 1. The number of carbonyl (C=O) groups is 1. The van der Waals surface area contributed by atoms with Crippen molar-refractivity contribution in [2.45, 2.75) is 19.8 Å². The smallest absolute Gasteiger partial charge is 0.226 e. The van der Waals surface area contributed by atoms with Crippen LogP contribution >= 0.6 is 0 Å². The van der Waals surface area contributed by atoms with E-state index in [4.69, 9.17) is 4.42 Å². The van der Waals surface area contributed by atoms with E-state index in [1.54, 1.807) is 31.2 Å². The maximum absolute atomic E-state index is 13.3. The quantitative estimate of drug-likeness (QED) is 0.730. The summed E-state index contributed by atoms with van der Waals surface area (Å²) in [4.78, 5) is 16.4. The van der Waals surface area contributed by atoms with Crippen molar-refractivity contribution in [2.24, 2.45) is 0 Å². The third-order valence-electron chi connectivity index (χ3n) is 3.94. The van der Waals surface area contributed by atoms with E-state index in [2.05, 4.69) is 10.3 Å². The molecule has 0 saturated heterocycles. The van der Waals surface area contributed by atoms with Gasteiger partial charge in [0.05, 0.1) is 12.1 Å². The first-order valence-electron chi connectivity index (χ1n) is 8.24. The van der Waals surface area contributed by atoms with Crippen LogP contribution in [-0.2, 0) is 17.6 Å². The Labute approximate surface area is 149 Å². The molecule has 0 aliphatic heterocycles. The zero-order valence-electron chi connectivity index (χ0n) is 14.3. The van der Waals surface area contributed by atoms with Gasteiger partial charge in [-0.1, -0.05) is 18.2 Å². The fourth-order valence-corrected chi connectivity index (χ4v) is 2.55. The lowest BCUT2D eigenvalue weighted by Gasteiger charge is -2.04. The Kier molecular flexibility index (Phi) is 5.41. The van der Waals surface area contributed by atoms with Gasteiger partial charge >= 0.3 is 0 Å². The van der Waals surface area contributed by atoms with Crippen LogP contribution in [-0.4, -0.2) is 17.4 Å². The number of nitrogens with zero attached hydrogens (tertiary/aromatic N) is 1. The number of halogens is 2. The number of rotatable bonds is 6. The van der Waals surface area contributed by atoms with Gasteiger partial charge in [0.2, 0.25) is 11.8 Å². The molecule has 0 atom stereocenters.